The van der Waals surface area contributed by atoms with Crippen molar-refractivity contribution in [3.63, 3.8) is 0 Å². The van der Waals surface area contributed by atoms with Crippen LogP contribution in [0, 0.1) is 0 Å². The van der Waals surface area contributed by atoms with Gasteiger partial charge >= 0.3 is 0 Å². The lowest BCUT2D eigenvalue weighted by atomic mass is 9.53. The van der Waals surface area contributed by atoms with E-state index in [1.54, 1.807) is 0 Å². The Balaban J connectivity index is 0.759. The molecule has 0 N–H and O–H groups in total. The molecule has 4 aromatic heterocycles. The number of rotatable bonds is 9. The van der Waals surface area contributed by atoms with E-state index < -0.39 is 16.2 Å². The largest absolute Gasteiger partial charge is 0.292 e. The maximum Gasteiger partial charge on any atom is 0.145 e. The number of benzene rings is 12. The monoisotopic (exact) mass is 1290 g/mol. The van der Waals surface area contributed by atoms with Crippen LogP contribution in [0.4, 0.5) is 0 Å². The molecular formula is C96H67N5. The molecule has 0 saturated carbocycles. The van der Waals surface area contributed by atoms with Gasteiger partial charge in [0.25, 0.3) is 0 Å². The topological polar surface area (TPSA) is 56.5 Å². The average molecular weight is 1290 g/mol. The fraction of sp³-hybridized carbons (Fsp3) is 0.0833. The molecule has 4 aliphatic carbocycles. The molecule has 101 heavy (non-hydrogen) atoms. The summed E-state index contributed by atoms with van der Waals surface area (Å²) in [5.74, 6) is 0.917. The van der Waals surface area contributed by atoms with Gasteiger partial charge in [0.15, 0.2) is 0 Å². The van der Waals surface area contributed by atoms with Crippen LogP contribution in [0.5, 0.6) is 0 Å². The quantitative estimate of drug-likeness (QED) is 0.145. The second kappa shape index (κ2) is 22.3. The van der Waals surface area contributed by atoms with Crippen molar-refractivity contribution < 1.29 is 0 Å². The molecule has 5 heteroatoms. The van der Waals surface area contributed by atoms with Gasteiger partial charge in [0.2, 0.25) is 0 Å². The first-order valence-electron chi connectivity index (χ1n) is 35.2. The Bertz CT molecular complexity index is 5940. The Morgan fingerprint density at radius 3 is 1.41 bits per heavy atom. The minimum Gasteiger partial charge on any atom is -0.292 e. The molecule has 0 amide bonds. The third-order valence-electron chi connectivity index (χ3n) is 23.0. The highest BCUT2D eigenvalue weighted by atomic mass is 15.1. The Hall–Kier alpha value is -12.4. The first kappa shape index (κ1) is 58.7. The second-order valence-corrected chi connectivity index (χ2v) is 28.5. The maximum atomic E-state index is 5.34. The predicted molar refractivity (Wildman–Crippen MR) is 410 cm³/mol. The average Bonchev–Trinajstić information content (AvgIpc) is 1.59. The first-order chi connectivity index (χ1) is 49.7. The van der Waals surface area contributed by atoms with Crippen LogP contribution in [-0.2, 0) is 28.1 Å². The predicted octanol–water partition coefficient (Wildman–Crippen LogP) is 22.4. The molecule has 0 radical (unpaired) electrons. The Kier molecular flexibility index (Phi) is 13.0. The lowest BCUT2D eigenvalue weighted by Gasteiger charge is -2.48. The van der Waals surface area contributed by atoms with E-state index in [1.165, 1.54) is 106 Å². The van der Waals surface area contributed by atoms with Crippen molar-refractivity contribution in [2.45, 2.75) is 48.9 Å². The van der Waals surface area contributed by atoms with E-state index >= 15 is 0 Å². The molecule has 20 rings (SSSR count). The summed E-state index contributed by atoms with van der Waals surface area (Å²) in [5.41, 5.74) is 34.7. The molecule has 0 bridgehead atoms. The maximum absolute atomic E-state index is 5.34. The fourth-order valence-corrected chi connectivity index (χ4v) is 18.6. The lowest BCUT2D eigenvalue weighted by molar-refractivity contribution is 0.515. The zero-order chi connectivity index (χ0) is 67.2. The van der Waals surface area contributed by atoms with Crippen molar-refractivity contribution in [1.29, 1.82) is 0 Å². The number of imidazole rings is 1. The minimum atomic E-state index is -0.645. The summed E-state index contributed by atoms with van der Waals surface area (Å²) in [6, 6.07) is 122. The number of aromatic nitrogens is 5. The van der Waals surface area contributed by atoms with Crippen LogP contribution in [0.25, 0.3) is 107 Å². The normalized spacial score (nSPS) is 16.5. The summed E-state index contributed by atoms with van der Waals surface area (Å²) in [6.07, 6.45) is 4.40. The molecule has 4 aliphatic rings. The first-order valence-corrected chi connectivity index (χ1v) is 35.2. The number of nitrogens with zero attached hydrogens (tertiary/aromatic N) is 5. The summed E-state index contributed by atoms with van der Waals surface area (Å²) >= 11 is 0. The highest BCUT2D eigenvalue weighted by Gasteiger charge is 2.57. The number of para-hydroxylation sites is 3. The molecular weight excluding hydrogens is 1220 g/mol. The van der Waals surface area contributed by atoms with Crippen LogP contribution in [0.2, 0.25) is 0 Å². The number of pyridine rings is 3. The van der Waals surface area contributed by atoms with Crippen molar-refractivity contribution in [3.8, 4) is 95.5 Å². The SMILES string of the molecule is CC1(C)c2ccccc2C2(c3ccccc3-c3c(CC4(C)c5ccccc5C5(c6ccccc6-c6ccccc65)c5cc(-c6ccc(-c7cc(-c8ccccn8)nc(-c8ccccn8)c7)cc6)ccc54)cccc32)c2cc(-c3cccc(-c4nc5ccccc5n4-c4ccccc4)c3)ccc21. The van der Waals surface area contributed by atoms with E-state index in [2.05, 4.69) is 317 Å². The van der Waals surface area contributed by atoms with Crippen molar-refractivity contribution >= 4 is 11.0 Å². The van der Waals surface area contributed by atoms with E-state index in [-0.39, 0.29) is 5.41 Å². The van der Waals surface area contributed by atoms with Gasteiger partial charge in [-0.25, -0.2) is 9.97 Å². The summed E-state index contributed by atoms with van der Waals surface area (Å²) in [4.78, 5) is 19.9. The van der Waals surface area contributed by atoms with Gasteiger partial charge in [-0.2, -0.15) is 0 Å². The van der Waals surface area contributed by atoms with Gasteiger partial charge in [-0.3, -0.25) is 14.5 Å². The second-order valence-electron chi connectivity index (χ2n) is 28.5. The smallest absolute Gasteiger partial charge is 0.145 e. The highest BCUT2D eigenvalue weighted by molar-refractivity contribution is 5.94. The van der Waals surface area contributed by atoms with E-state index in [1.807, 2.05) is 48.8 Å². The highest BCUT2D eigenvalue weighted by Crippen LogP contribution is 2.66. The third-order valence-corrected chi connectivity index (χ3v) is 23.0. The Labute approximate surface area is 588 Å². The van der Waals surface area contributed by atoms with Crippen molar-refractivity contribution in [2.24, 2.45) is 0 Å². The summed E-state index contributed by atoms with van der Waals surface area (Å²) < 4.78 is 2.30. The molecule has 16 aromatic rings. The van der Waals surface area contributed by atoms with Gasteiger partial charge in [-0.1, -0.05) is 269 Å². The summed E-state index contributed by atoms with van der Waals surface area (Å²) in [7, 11) is 0. The van der Waals surface area contributed by atoms with E-state index in [4.69, 9.17) is 19.9 Å². The van der Waals surface area contributed by atoms with Crippen LogP contribution < -0.4 is 0 Å². The zero-order valence-corrected chi connectivity index (χ0v) is 56.3. The molecule has 2 atom stereocenters. The van der Waals surface area contributed by atoms with Crippen molar-refractivity contribution in [2.75, 3.05) is 0 Å². The number of hydrogen-bond donors (Lipinski definition) is 0. The van der Waals surface area contributed by atoms with Crippen LogP contribution in [-0.4, -0.2) is 24.5 Å². The van der Waals surface area contributed by atoms with E-state index in [9.17, 15) is 0 Å². The van der Waals surface area contributed by atoms with Crippen LogP contribution in [0.1, 0.15) is 93.1 Å². The molecule has 2 unspecified atom stereocenters. The van der Waals surface area contributed by atoms with Gasteiger partial charge in [0, 0.05) is 34.5 Å². The molecule has 0 fully saturated rings. The third kappa shape index (κ3) is 8.50. The molecule has 12 aromatic carbocycles. The van der Waals surface area contributed by atoms with Gasteiger partial charge in [0.1, 0.15) is 5.82 Å². The standard InChI is InChI=1S/C96H67N5/c1-93(2)76-36-13-15-38-80(76)96(83-57-65(49-51-77(83)93)63-25-23-26-66(55-63)92-100-87-43-17-18-44-90(87)101(92)69-28-5-4-6-29-69)75-35-12-9-32-72(75)91-67(27-24-40-82(91)96)60-94(3)78-37-14-16-39-81(78)95(73-33-10-7-30-70(73)71-31-8-11-34-74(71)95)84-56-64(50-52-79(84)94)61-45-47-62(48-46-61)68-58-88(85-41-19-21-53-97-85)99-89(59-68)86-42-20-22-54-98-86/h4-59H,60H2,1-3H3. The van der Waals surface area contributed by atoms with Gasteiger partial charge < -0.3 is 0 Å². The fourth-order valence-electron chi connectivity index (χ4n) is 18.6. The van der Waals surface area contributed by atoms with Crippen LogP contribution in [0.3, 0.4) is 0 Å². The number of hydrogen-bond acceptors (Lipinski definition) is 4. The van der Waals surface area contributed by atoms with E-state index in [0.29, 0.717) is 0 Å². The van der Waals surface area contributed by atoms with Gasteiger partial charge in [-0.15, -0.1) is 0 Å². The molecule has 0 aliphatic heterocycles. The summed E-state index contributed by atoms with van der Waals surface area (Å²) in [5, 5.41) is 0. The lowest BCUT2D eigenvalue weighted by Crippen LogP contribution is -2.43. The molecule has 4 heterocycles. The van der Waals surface area contributed by atoms with Gasteiger partial charge in [0.05, 0.1) is 44.6 Å². The number of fused-ring (bicyclic) bond motifs is 19. The van der Waals surface area contributed by atoms with Crippen LogP contribution >= 0.6 is 0 Å². The molecule has 0 saturated heterocycles. The minimum absolute atomic E-state index is 0.306. The van der Waals surface area contributed by atoms with Crippen molar-refractivity contribution in [1.82, 2.24) is 24.5 Å². The van der Waals surface area contributed by atoms with Gasteiger partial charge in [-0.05, 0) is 213 Å². The molecule has 476 valence electrons. The molecule has 2 spiro atoms. The zero-order valence-electron chi connectivity index (χ0n) is 56.3. The Morgan fingerprint density at radius 2 is 0.743 bits per heavy atom. The van der Waals surface area contributed by atoms with Crippen LogP contribution in [0.15, 0.2) is 340 Å². The van der Waals surface area contributed by atoms with E-state index in [0.717, 1.165) is 79.6 Å². The van der Waals surface area contributed by atoms with Crippen molar-refractivity contribution in [3.05, 3.63) is 412 Å². The summed E-state index contributed by atoms with van der Waals surface area (Å²) in [6.45, 7) is 7.41. The molecule has 5 nitrogen and oxygen atoms in total. The Morgan fingerprint density at radius 1 is 0.287 bits per heavy atom.